The number of nitrogens with one attached hydrogen (secondary N) is 2. The van der Waals surface area contributed by atoms with Crippen LogP contribution in [-0.4, -0.2) is 39.2 Å². The first-order valence-electron chi connectivity index (χ1n) is 8.52. The van der Waals surface area contributed by atoms with Crippen LogP contribution in [0.4, 0.5) is 5.69 Å². The lowest BCUT2D eigenvalue weighted by Gasteiger charge is -2.21. The molecule has 2 rings (SSSR count). The second kappa shape index (κ2) is 8.03. The Morgan fingerprint density at radius 1 is 1.15 bits per heavy atom. The number of carbonyl (C=O) groups excluding carboxylic acids is 2. The number of aromatic nitrogens is 2. The van der Waals surface area contributed by atoms with E-state index in [9.17, 15) is 14.4 Å². The Balaban J connectivity index is 2.00. The molecule has 0 atom stereocenters. The smallest absolute Gasteiger partial charge is 0.322 e. The molecule has 1 aromatic heterocycles. The van der Waals surface area contributed by atoms with E-state index in [1.165, 1.54) is 0 Å². The minimum atomic E-state index is -1.09. The Morgan fingerprint density at radius 2 is 1.78 bits per heavy atom. The summed E-state index contributed by atoms with van der Waals surface area (Å²) < 4.78 is 1.81. The first kappa shape index (κ1) is 20.2. The molecular weight excluding hydrogens is 348 g/mol. The van der Waals surface area contributed by atoms with Gasteiger partial charge < -0.3 is 15.7 Å². The fourth-order valence-corrected chi connectivity index (χ4v) is 2.64. The molecule has 2 aromatic rings. The molecule has 0 saturated carbocycles. The van der Waals surface area contributed by atoms with Crippen molar-refractivity contribution in [3.8, 4) is 0 Å². The molecule has 3 N–H and O–H groups in total. The molecule has 1 heterocycles. The summed E-state index contributed by atoms with van der Waals surface area (Å²) in [6.07, 6.45) is 1.62. The number of hydrogen-bond donors (Lipinski definition) is 3. The van der Waals surface area contributed by atoms with E-state index >= 15 is 0 Å². The minimum absolute atomic E-state index is 0.0684. The van der Waals surface area contributed by atoms with Gasteiger partial charge in [-0.3, -0.25) is 19.1 Å². The highest BCUT2D eigenvalue weighted by Gasteiger charge is 2.21. The average Bonchev–Trinajstić information content (AvgIpc) is 2.96. The van der Waals surface area contributed by atoms with Gasteiger partial charge in [-0.25, -0.2) is 0 Å². The third-order valence-corrected chi connectivity index (χ3v) is 3.90. The predicted molar refractivity (Wildman–Crippen MR) is 101 cm³/mol. The van der Waals surface area contributed by atoms with Crippen LogP contribution in [-0.2, 0) is 21.5 Å². The van der Waals surface area contributed by atoms with Crippen molar-refractivity contribution in [2.75, 3.05) is 11.9 Å². The third-order valence-electron chi connectivity index (χ3n) is 3.90. The Hall–Kier alpha value is -3.16. The van der Waals surface area contributed by atoms with E-state index in [0.29, 0.717) is 16.8 Å². The molecule has 0 aliphatic carbocycles. The molecule has 0 spiro atoms. The number of rotatable bonds is 6. The zero-order valence-corrected chi connectivity index (χ0v) is 15.9. The average molecular weight is 372 g/mol. The number of hydrogen-bond acceptors (Lipinski definition) is 4. The van der Waals surface area contributed by atoms with Crippen LogP contribution in [0, 0.1) is 6.92 Å². The van der Waals surface area contributed by atoms with Gasteiger partial charge in [0.15, 0.2) is 0 Å². The van der Waals surface area contributed by atoms with Crippen LogP contribution in [0.5, 0.6) is 0 Å². The van der Waals surface area contributed by atoms with E-state index in [1.54, 1.807) is 35.1 Å². The standard InChI is InChI=1S/C19H24N4O4/c1-12-15(10-21-23(12)19(2,3)4)18(27)22-14-7-5-13(6-8-14)9-16(24)20-11-17(25)26/h5-8,10H,9,11H2,1-4H3,(H,20,24)(H,22,27)(H,25,26). The van der Waals surface area contributed by atoms with Crippen LogP contribution in [0.1, 0.15) is 42.4 Å². The number of carboxylic acids is 1. The van der Waals surface area contributed by atoms with Crippen molar-refractivity contribution in [3.05, 3.63) is 47.3 Å². The van der Waals surface area contributed by atoms with E-state index in [-0.39, 0.29) is 23.8 Å². The molecule has 8 nitrogen and oxygen atoms in total. The van der Waals surface area contributed by atoms with Crippen molar-refractivity contribution in [2.45, 2.75) is 39.7 Å². The summed E-state index contributed by atoms with van der Waals surface area (Å²) in [4.78, 5) is 34.6. The molecule has 2 amide bonds. The Bertz CT molecular complexity index is 848. The normalized spacial score (nSPS) is 11.1. The van der Waals surface area contributed by atoms with Gasteiger partial charge in [0, 0.05) is 11.4 Å². The highest BCUT2D eigenvalue weighted by molar-refractivity contribution is 6.04. The first-order chi connectivity index (χ1) is 12.6. The minimum Gasteiger partial charge on any atom is -0.480 e. The maximum absolute atomic E-state index is 12.5. The molecule has 27 heavy (non-hydrogen) atoms. The Labute approximate surface area is 157 Å². The van der Waals surface area contributed by atoms with Gasteiger partial charge in [-0.15, -0.1) is 0 Å². The summed E-state index contributed by atoms with van der Waals surface area (Å²) >= 11 is 0. The largest absolute Gasteiger partial charge is 0.480 e. The van der Waals surface area contributed by atoms with E-state index in [1.807, 2.05) is 27.7 Å². The zero-order chi connectivity index (χ0) is 20.2. The lowest BCUT2D eigenvalue weighted by Crippen LogP contribution is -2.30. The first-order valence-corrected chi connectivity index (χ1v) is 8.52. The van der Waals surface area contributed by atoms with Gasteiger partial charge >= 0.3 is 5.97 Å². The van der Waals surface area contributed by atoms with E-state index in [4.69, 9.17) is 5.11 Å². The van der Waals surface area contributed by atoms with Crippen LogP contribution in [0.25, 0.3) is 0 Å². The third kappa shape index (κ3) is 5.40. The highest BCUT2D eigenvalue weighted by Crippen LogP contribution is 2.19. The van der Waals surface area contributed by atoms with Gasteiger partial charge in [0.05, 0.1) is 23.7 Å². The highest BCUT2D eigenvalue weighted by atomic mass is 16.4. The summed E-state index contributed by atoms with van der Waals surface area (Å²) in [5, 5.41) is 18.0. The number of carboxylic acid groups (broad SMARTS) is 1. The van der Waals surface area contributed by atoms with Gasteiger partial charge in [-0.2, -0.15) is 5.10 Å². The SMILES string of the molecule is Cc1c(C(=O)Nc2ccc(CC(=O)NCC(=O)O)cc2)cnn1C(C)(C)C. The number of nitrogens with zero attached hydrogens (tertiary/aromatic N) is 2. The lowest BCUT2D eigenvalue weighted by atomic mass is 10.1. The van der Waals surface area contributed by atoms with E-state index in [2.05, 4.69) is 15.7 Å². The summed E-state index contributed by atoms with van der Waals surface area (Å²) in [7, 11) is 0. The molecule has 0 unspecified atom stereocenters. The second-order valence-electron chi connectivity index (χ2n) is 7.22. The number of anilines is 1. The molecule has 1 aromatic carbocycles. The summed E-state index contributed by atoms with van der Waals surface area (Å²) in [5.41, 5.74) is 2.38. The molecule has 0 radical (unpaired) electrons. The number of amides is 2. The topological polar surface area (TPSA) is 113 Å². The maximum atomic E-state index is 12.5. The van der Waals surface area contributed by atoms with Crippen molar-refractivity contribution in [1.82, 2.24) is 15.1 Å². The van der Waals surface area contributed by atoms with Crippen molar-refractivity contribution >= 4 is 23.5 Å². The van der Waals surface area contributed by atoms with E-state index < -0.39 is 12.5 Å². The van der Waals surface area contributed by atoms with Gasteiger partial charge in [0.1, 0.15) is 6.54 Å². The van der Waals surface area contributed by atoms with Crippen LogP contribution in [0.3, 0.4) is 0 Å². The molecule has 144 valence electrons. The summed E-state index contributed by atoms with van der Waals surface area (Å²) in [5.74, 6) is -1.72. The zero-order valence-electron chi connectivity index (χ0n) is 15.9. The number of carbonyl (C=O) groups is 3. The van der Waals surface area contributed by atoms with Crippen LogP contribution >= 0.6 is 0 Å². The molecule has 0 aliphatic heterocycles. The van der Waals surface area contributed by atoms with Crippen LogP contribution in [0.15, 0.2) is 30.5 Å². The van der Waals surface area contributed by atoms with Gasteiger partial charge in [-0.05, 0) is 45.4 Å². The molecule has 0 aliphatic rings. The lowest BCUT2D eigenvalue weighted by molar-refractivity contribution is -0.137. The van der Waals surface area contributed by atoms with Crippen LogP contribution < -0.4 is 10.6 Å². The van der Waals surface area contributed by atoms with Crippen molar-refractivity contribution in [1.29, 1.82) is 0 Å². The molecule has 8 heteroatoms. The maximum Gasteiger partial charge on any atom is 0.322 e. The number of aliphatic carboxylic acids is 1. The van der Waals surface area contributed by atoms with Gasteiger partial charge in [-0.1, -0.05) is 12.1 Å². The summed E-state index contributed by atoms with van der Waals surface area (Å²) in [6.45, 7) is 7.49. The van der Waals surface area contributed by atoms with Crippen molar-refractivity contribution in [3.63, 3.8) is 0 Å². The molecule has 0 bridgehead atoms. The van der Waals surface area contributed by atoms with Gasteiger partial charge in [0.25, 0.3) is 5.91 Å². The van der Waals surface area contributed by atoms with E-state index in [0.717, 1.165) is 5.69 Å². The van der Waals surface area contributed by atoms with Gasteiger partial charge in [0.2, 0.25) is 5.91 Å². The fourth-order valence-electron chi connectivity index (χ4n) is 2.64. The van der Waals surface area contributed by atoms with Crippen LogP contribution in [0.2, 0.25) is 0 Å². The fraction of sp³-hybridized carbons (Fsp3) is 0.368. The molecular formula is C19H24N4O4. The van der Waals surface area contributed by atoms with Crippen molar-refractivity contribution in [2.24, 2.45) is 0 Å². The summed E-state index contributed by atoms with van der Waals surface area (Å²) in [6, 6.07) is 6.81. The molecule has 0 fully saturated rings. The predicted octanol–water partition coefficient (Wildman–Crippen LogP) is 1.94. The van der Waals surface area contributed by atoms with Crippen molar-refractivity contribution < 1.29 is 19.5 Å². The second-order valence-corrected chi connectivity index (χ2v) is 7.22. The Morgan fingerprint density at radius 3 is 2.30 bits per heavy atom. The quantitative estimate of drug-likeness (QED) is 0.717. The molecule has 0 saturated heterocycles. The Kier molecular flexibility index (Phi) is 5.99. The monoisotopic (exact) mass is 372 g/mol. The number of benzene rings is 1.